The molecular formula is C26H21N9O8. The third kappa shape index (κ3) is 6.07. The number of aromatic nitrogens is 4. The van der Waals surface area contributed by atoms with E-state index in [4.69, 9.17) is 14.2 Å². The predicted molar refractivity (Wildman–Crippen MR) is 145 cm³/mol. The number of rotatable bonds is 9. The molecule has 1 N–H and O–H groups in total. The monoisotopic (exact) mass is 587 g/mol. The largest absolute Gasteiger partial charge is 0.459 e. The number of esters is 2. The molecule has 2 aromatic carbocycles. The molecule has 5 rings (SSSR count). The lowest BCUT2D eigenvalue weighted by atomic mass is 10.1. The summed E-state index contributed by atoms with van der Waals surface area (Å²) >= 11 is 0. The van der Waals surface area contributed by atoms with Gasteiger partial charge in [0.25, 0.3) is 11.6 Å². The minimum atomic E-state index is -1.19. The van der Waals surface area contributed by atoms with Gasteiger partial charge in [0.1, 0.15) is 25.1 Å². The number of nitro benzene ring substituents is 1. The van der Waals surface area contributed by atoms with Gasteiger partial charge in [0.05, 0.1) is 16.8 Å². The van der Waals surface area contributed by atoms with Gasteiger partial charge in [0.2, 0.25) is 0 Å². The van der Waals surface area contributed by atoms with Gasteiger partial charge in [0, 0.05) is 29.5 Å². The van der Waals surface area contributed by atoms with Crippen molar-refractivity contribution in [1.29, 1.82) is 0 Å². The SMILES string of the molecule is CC(=O)O[C@@H]1[C@H](N=[N+]=[N-])[C@@H](COC(=O)c2ccc([N+](=O)[O-])cc2)O[C@H]1n1cnc2c(NC(=O)c3ccccc3)ncnc21. The van der Waals surface area contributed by atoms with Crippen molar-refractivity contribution in [3.05, 3.63) is 98.9 Å². The van der Waals surface area contributed by atoms with E-state index < -0.39 is 53.9 Å². The van der Waals surface area contributed by atoms with Gasteiger partial charge in [-0.3, -0.25) is 24.3 Å². The Morgan fingerprint density at radius 1 is 1.12 bits per heavy atom. The molecule has 1 fully saturated rings. The summed E-state index contributed by atoms with van der Waals surface area (Å²) in [7, 11) is 0. The second-order valence-corrected chi connectivity index (χ2v) is 9.10. The molecule has 218 valence electrons. The predicted octanol–water partition coefficient (Wildman–Crippen LogP) is 3.35. The van der Waals surface area contributed by atoms with Crippen LogP contribution in [-0.2, 0) is 19.0 Å². The highest BCUT2D eigenvalue weighted by molar-refractivity contribution is 6.06. The highest BCUT2D eigenvalue weighted by atomic mass is 16.6. The van der Waals surface area contributed by atoms with Crippen LogP contribution in [0.25, 0.3) is 21.6 Å². The van der Waals surface area contributed by atoms with Crippen LogP contribution in [0.1, 0.15) is 33.9 Å². The number of ether oxygens (including phenoxy) is 3. The van der Waals surface area contributed by atoms with E-state index in [-0.39, 0.29) is 28.2 Å². The van der Waals surface area contributed by atoms with Crippen molar-refractivity contribution in [2.75, 3.05) is 11.9 Å². The molecule has 1 aliphatic rings. The second kappa shape index (κ2) is 12.3. The third-order valence-electron chi connectivity index (χ3n) is 6.39. The Bertz CT molecular complexity index is 1740. The minimum absolute atomic E-state index is 0.0411. The highest BCUT2D eigenvalue weighted by Gasteiger charge is 2.48. The minimum Gasteiger partial charge on any atom is -0.459 e. The lowest BCUT2D eigenvalue weighted by Crippen LogP contribution is -2.36. The second-order valence-electron chi connectivity index (χ2n) is 9.10. The Hall–Kier alpha value is -5.93. The molecule has 17 heteroatoms. The highest BCUT2D eigenvalue weighted by Crippen LogP contribution is 2.36. The molecule has 0 bridgehead atoms. The standard InChI is InChI=1S/C26H21N9O8/c1-14(36)42-21-19(32-33-27)18(11-41-26(38)16-7-9-17(10-8-16)35(39)40)43-25(21)34-13-30-20-22(28-12-29-23(20)34)31-24(37)15-5-3-2-4-6-15/h2-10,12-13,18-19,21,25H,11H2,1H3,(H,28,29,31,37)/t18-,19-,21-,25-/m1/s1. The summed E-state index contributed by atoms with van der Waals surface area (Å²) in [5.74, 6) is -1.83. The molecule has 0 aliphatic carbocycles. The van der Waals surface area contributed by atoms with Crippen LogP contribution >= 0.6 is 0 Å². The van der Waals surface area contributed by atoms with Crippen LogP contribution in [-0.4, -0.2) is 67.1 Å². The number of nitrogens with zero attached hydrogens (tertiary/aromatic N) is 8. The van der Waals surface area contributed by atoms with Gasteiger partial charge >= 0.3 is 11.9 Å². The maximum atomic E-state index is 12.7. The van der Waals surface area contributed by atoms with Crippen LogP contribution in [0.15, 0.2) is 72.4 Å². The molecule has 4 atom stereocenters. The Labute approximate surface area is 241 Å². The lowest BCUT2D eigenvalue weighted by molar-refractivity contribution is -0.384. The molecule has 2 aromatic heterocycles. The summed E-state index contributed by atoms with van der Waals surface area (Å²) in [6, 6.07) is 12.1. The van der Waals surface area contributed by atoms with E-state index in [0.29, 0.717) is 5.56 Å². The fraction of sp³-hybridized carbons (Fsp3) is 0.231. The quantitative estimate of drug-likeness (QED) is 0.0745. The van der Waals surface area contributed by atoms with E-state index in [1.165, 1.54) is 29.4 Å². The molecule has 0 radical (unpaired) electrons. The van der Waals surface area contributed by atoms with Crippen molar-refractivity contribution in [2.45, 2.75) is 31.4 Å². The molecule has 0 saturated carbocycles. The number of hydrogen-bond acceptors (Lipinski definition) is 12. The van der Waals surface area contributed by atoms with Gasteiger partial charge in [-0.1, -0.05) is 23.3 Å². The number of azide groups is 1. The third-order valence-corrected chi connectivity index (χ3v) is 6.39. The van der Waals surface area contributed by atoms with E-state index in [9.17, 15) is 30.0 Å². The number of nitrogens with one attached hydrogen (secondary N) is 1. The zero-order chi connectivity index (χ0) is 30.5. The number of imidazole rings is 1. The molecular weight excluding hydrogens is 566 g/mol. The maximum absolute atomic E-state index is 12.7. The Kier molecular flexibility index (Phi) is 8.18. The van der Waals surface area contributed by atoms with Crippen LogP contribution in [0.3, 0.4) is 0 Å². The smallest absolute Gasteiger partial charge is 0.338 e. The Morgan fingerprint density at radius 2 is 1.86 bits per heavy atom. The van der Waals surface area contributed by atoms with E-state index in [0.717, 1.165) is 19.1 Å². The number of carbonyl (C=O) groups is 3. The van der Waals surface area contributed by atoms with Crippen LogP contribution in [0.4, 0.5) is 11.5 Å². The number of fused-ring (bicyclic) bond motifs is 1. The average molecular weight is 588 g/mol. The summed E-state index contributed by atoms with van der Waals surface area (Å²) in [5, 5.41) is 17.3. The number of anilines is 1. The van der Waals surface area contributed by atoms with Crippen molar-refractivity contribution in [3.8, 4) is 0 Å². The molecule has 4 aromatic rings. The van der Waals surface area contributed by atoms with Crippen molar-refractivity contribution >= 4 is 40.5 Å². The van der Waals surface area contributed by atoms with Gasteiger partial charge < -0.3 is 19.5 Å². The Morgan fingerprint density at radius 3 is 2.53 bits per heavy atom. The Balaban J connectivity index is 1.41. The van der Waals surface area contributed by atoms with Crippen LogP contribution in [0, 0.1) is 10.1 Å². The van der Waals surface area contributed by atoms with Gasteiger partial charge in [-0.15, -0.1) is 0 Å². The van der Waals surface area contributed by atoms with Crippen LogP contribution < -0.4 is 5.32 Å². The van der Waals surface area contributed by atoms with Crippen molar-refractivity contribution in [3.63, 3.8) is 0 Å². The molecule has 0 spiro atoms. The summed E-state index contributed by atoms with van der Waals surface area (Å²) in [5.41, 5.74) is 9.87. The molecule has 1 amide bonds. The normalized spacial score (nSPS) is 19.3. The number of amides is 1. The lowest BCUT2D eigenvalue weighted by Gasteiger charge is -2.21. The van der Waals surface area contributed by atoms with Gasteiger partial charge in [-0.25, -0.2) is 19.7 Å². The van der Waals surface area contributed by atoms with Gasteiger partial charge in [-0.2, -0.15) is 0 Å². The zero-order valence-electron chi connectivity index (χ0n) is 22.2. The summed E-state index contributed by atoms with van der Waals surface area (Å²) in [6.07, 6.45) is -0.877. The van der Waals surface area contributed by atoms with Gasteiger partial charge in [0.15, 0.2) is 29.3 Å². The topological polar surface area (TPSA) is 226 Å². The summed E-state index contributed by atoms with van der Waals surface area (Å²) < 4.78 is 18.3. The number of hydrogen-bond donors (Lipinski definition) is 1. The van der Waals surface area contributed by atoms with Crippen molar-refractivity contribution in [2.24, 2.45) is 5.11 Å². The number of non-ortho nitro benzene ring substituents is 1. The fourth-order valence-electron chi connectivity index (χ4n) is 4.46. The van der Waals surface area contributed by atoms with Crippen molar-refractivity contribution < 1.29 is 33.5 Å². The summed E-state index contributed by atoms with van der Waals surface area (Å²) in [4.78, 5) is 63.2. The van der Waals surface area contributed by atoms with E-state index in [1.807, 2.05) is 0 Å². The first-order chi connectivity index (χ1) is 20.8. The number of benzene rings is 2. The molecule has 1 saturated heterocycles. The zero-order valence-corrected chi connectivity index (χ0v) is 22.2. The van der Waals surface area contributed by atoms with E-state index in [2.05, 4.69) is 30.3 Å². The van der Waals surface area contributed by atoms with Crippen molar-refractivity contribution in [1.82, 2.24) is 19.5 Å². The number of carbonyl (C=O) groups excluding carboxylic acids is 3. The van der Waals surface area contributed by atoms with E-state index >= 15 is 0 Å². The van der Waals surface area contributed by atoms with Crippen LogP contribution in [0.2, 0.25) is 0 Å². The molecule has 43 heavy (non-hydrogen) atoms. The molecule has 0 unspecified atom stereocenters. The fourth-order valence-corrected chi connectivity index (χ4v) is 4.46. The first-order valence-corrected chi connectivity index (χ1v) is 12.6. The molecule has 1 aliphatic heterocycles. The summed E-state index contributed by atoms with van der Waals surface area (Å²) in [6.45, 7) is 0.741. The molecule has 17 nitrogen and oxygen atoms in total. The first kappa shape index (κ1) is 28.6. The molecule has 3 heterocycles. The van der Waals surface area contributed by atoms with E-state index in [1.54, 1.807) is 30.3 Å². The van der Waals surface area contributed by atoms with Gasteiger partial charge in [-0.05, 0) is 29.8 Å². The number of nitro groups is 1. The average Bonchev–Trinajstić information content (AvgIpc) is 3.58. The first-order valence-electron chi connectivity index (χ1n) is 12.6. The van der Waals surface area contributed by atoms with Crippen LogP contribution in [0.5, 0.6) is 0 Å². The maximum Gasteiger partial charge on any atom is 0.338 e.